The molecule has 5 rings (SSSR count). The summed E-state index contributed by atoms with van der Waals surface area (Å²) in [4.78, 5) is 0. The monoisotopic (exact) mass is 440 g/mol. The second kappa shape index (κ2) is 6.89. The van der Waals surface area contributed by atoms with E-state index in [-0.39, 0.29) is 5.41 Å². The molecule has 1 nitrogen and oxygen atoms in total. The Balaban J connectivity index is 1.54. The molecular formula is C31H52O. The molecular weight excluding hydrogens is 388 g/mol. The highest BCUT2D eigenvalue weighted by atomic mass is 16.5. The van der Waals surface area contributed by atoms with E-state index in [1.54, 1.807) is 0 Å². The lowest BCUT2D eigenvalue weighted by atomic mass is 9.35. The van der Waals surface area contributed by atoms with Crippen molar-refractivity contribution in [2.24, 2.45) is 50.2 Å². The van der Waals surface area contributed by atoms with Crippen molar-refractivity contribution >= 4 is 0 Å². The number of hydrogen-bond donors (Lipinski definition) is 0. The van der Waals surface area contributed by atoms with Crippen LogP contribution in [0.1, 0.15) is 120 Å². The lowest BCUT2D eigenvalue weighted by Gasteiger charge is -2.70. The number of methoxy groups -OCH3 is 1. The molecule has 0 N–H and O–H groups in total. The fraction of sp³-hybridized carbons (Fsp3) is 0.935. The fourth-order valence-corrected chi connectivity index (χ4v) is 11.3. The first kappa shape index (κ1) is 23.4. The number of ether oxygens (including phenoxy) is 1. The Hall–Kier alpha value is -0.300. The van der Waals surface area contributed by atoms with E-state index in [9.17, 15) is 0 Å². The Labute approximate surface area is 199 Å². The standard InChI is InChI=1S/C31H52O/c1-26(2)18-19-28(5)14-10-22-30(7)15-11-21-27(3,4)25(32-9)13-17-29(21,6)23(30)12-16-31(22,8)24(28)20-26/h10,21,23-25H,11-20H2,1-9H3/t21-,23+,24-,25-,28-,29-,30-,31?/m0/s1. The molecule has 5 aliphatic rings. The van der Waals surface area contributed by atoms with E-state index in [0.29, 0.717) is 33.2 Å². The Morgan fingerprint density at radius 2 is 1.34 bits per heavy atom. The van der Waals surface area contributed by atoms with Crippen molar-refractivity contribution in [3.05, 3.63) is 11.6 Å². The zero-order valence-electron chi connectivity index (χ0n) is 22.9. The first-order chi connectivity index (χ1) is 14.7. The number of allylic oxidation sites excluding steroid dienone is 2. The van der Waals surface area contributed by atoms with Crippen molar-refractivity contribution in [3.8, 4) is 0 Å². The van der Waals surface area contributed by atoms with Crippen molar-refractivity contribution in [2.45, 2.75) is 126 Å². The normalized spacial score (nSPS) is 53.8. The highest BCUT2D eigenvalue weighted by Gasteiger charge is 2.66. The first-order valence-electron chi connectivity index (χ1n) is 14.0. The molecule has 0 aromatic heterocycles. The average Bonchev–Trinajstić information content (AvgIpc) is 2.68. The summed E-state index contributed by atoms with van der Waals surface area (Å²) >= 11 is 0. The van der Waals surface area contributed by atoms with Crippen LogP contribution in [0.2, 0.25) is 0 Å². The third kappa shape index (κ3) is 2.91. The summed E-state index contributed by atoms with van der Waals surface area (Å²) in [6.45, 7) is 20.9. The van der Waals surface area contributed by atoms with Crippen LogP contribution >= 0.6 is 0 Å². The van der Waals surface area contributed by atoms with Crippen molar-refractivity contribution in [3.63, 3.8) is 0 Å². The zero-order chi connectivity index (χ0) is 23.4. The molecule has 0 bridgehead atoms. The van der Waals surface area contributed by atoms with E-state index in [0.717, 1.165) is 17.8 Å². The van der Waals surface area contributed by atoms with E-state index in [4.69, 9.17) is 4.74 Å². The summed E-state index contributed by atoms with van der Waals surface area (Å²) in [5.41, 5.74) is 4.51. The van der Waals surface area contributed by atoms with Crippen LogP contribution < -0.4 is 0 Å². The van der Waals surface area contributed by atoms with Gasteiger partial charge in [-0.1, -0.05) is 67.0 Å². The average molecular weight is 441 g/mol. The number of hydrogen-bond acceptors (Lipinski definition) is 1. The third-order valence-electron chi connectivity index (χ3n) is 13.0. The quantitative estimate of drug-likeness (QED) is 0.370. The van der Waals surface area contributed by atoms with Crippen LogP contribution in [0.15, 0.2) is 11.6 Å². The first-order valence-corrected chi connectivity index (χ1v) is 14.0. The van der Waals surface area contributed by atoms with Crippen molar-refractivity contribution in [1.82, 2.24) is 0 Å². The van der Waals surface area contributed by atoms with E-state index in [1.165, 1.54) is 64.2 Å². The van der Waals surface area contributed by atoms with Crippen LogP contribution in [0.5, 0.6) is 0 Å². The summed E-state index contributed by atoms with van der Waals surface area (Å²) in [5, 5.41) is 0. The molecule has 182 valence electrons. The lowest BCUT2D eigenvalue weighted by molar-refractivity contribution is -0.189. The lowest BCUT2D eigenvalue weighted by Crippen LogP contribution is -2.63. The predicted molar refractivity (Wildman–Crippen MR) is 136 cm³/mol. The van der Waals surface area contributed by atoms with Crippen molar-refractivity contribution in [1.29, 1.82) is 0 Å². The van der Waals surface area contributed by atoms with Gasteiger partial charge in [0.1, 0.15) is 0 Å². The molecule has 0 aromatic rings. The molecule has 1 heteroatoms. The van der Waals surface area contributed by atoms with Crippen LogP contribution in [-0.4, -0.2) is 13.2 Å². The van der Waals surface area contributed by atoms with E-state index in [1.807, 2.05) is 12.7 Å². The van der Waals surface area contributed by atoms with Crippen molar-refractivity contribution in [2.75, 3.05) is 7.11 Å². The maximum Gasteiger partial charge on any atom is 0.0625 e. The summed E-state index contributed by atoms with van der Waals surface area (Å²) in [6, 6.07) is 0. The molecule has 1 unspecified atom stereocenters. The molecule has 0 heterocycles. The fourth-order valence-electron chi connectivity index (χ4n) is 11.3. The van der Waals surface area contributed by atoms with Gasteiger partial charge in [0.05, 0.1) is 6.10 Å². The van der Waals surface area contributed by atoms with Gasteiger partial charge in [0.25, 0.3) is 0 Å². The van der Waals surface area contributed by atoms with Gasteiger partial charge in [0.2, 0.25) is 0 Å². The molecule has 5 aliphatic carbocycles. The number of fused-ring (bicyclic) bond motifs is 7. The van der Waals surface area contributed by atoms with Crippen LogP contribution in [0, 0.1) is 50.2 Å². The second-order valence-electron chi connectivity index (χ2n) is 15.5. The van der Waals surface area contributed by atoms with E-state index in [2.05, 4.69) is 61.5 Å². The molecule has 0 amide bonds. The zero-order valence-corrected chi connectivity index (χ0v) is 22.9. The molecule has 4 saturated carbocycles. The SMILES string of the molecule is CO[C@H]1CC[C@]2(C)[C@H]3CCC4(C)C(=CC[C@@]5(C)CCC(C)(C)C[C@H]45)[C@]3(C)CC[C@H]2C1(C)C. The summed E-state index contributed by atoms with van der Waals surface area (Å²) < 4.78 is 6.04. The highest BCUT2D eigenvalue weighted by Crippen LogP contribution is 2.75. The molecule has 4 fully saturated rings. The van der Waals surface area contributed by atoms with Gasteiger partial charge < -0.3 is 4.74 Å². The van der Waals surface area contributed by atoms with Gasteiger partial charge in [0.15, 0.2) is 0 Å². The Kier molecular flexibility index (Phi) is 5.05. The van der Waals surface area contributed by atoms with E-state index >= 15 is 0 Å². The van der Waals surface area contributed by atoms with Gasteiger partial charge >= 0.3 is 0 Å². The minimum Gasteiger partial charge on any atom is -0.381 e. The third-order valence-corrected chi connectivity index (χ3v) is 13.0. The molecule has 8 atom stereocenters. The molecule has 0 aliphatic heterocycles. The molecule has 0 saturated heterocycles. The molecule has 0 radical (unpaired) electrons. The van der Waals surface area contributed by atoms with Gasteiger partial charge in [-0.05, 0) is 114 Å². The Morgan fingerprint density at radius 3 is 2.00 bits per heavy atom. The highest BCUT2D eigenvalue weighted by molar-refractivity contribution is 5.34. The molecule has 0 spiro atoms. The molecule has 32 heavy (non-hydrogen) atoms. The van der Waals surface area contributed by atoms with Gasteiger partial charge in [-0.15, -0.1) is 0 Å². The van der Waals surface area contributed by atoms with Crippen molar-refractivity contribution < 1.29 is 4.74 Å². The largest absolute Gasteiger partial charge is 0.381 e. The summed E-state index contributed by atoms with van der Waals surface area (Å²) in [7, 11) is 1.95. The van der Waals surface area contributed by atoms with E-state index < -0.39 is 0 Å². The van der Waals surface area contributed by atoms with Gasteiger partial charge in [0, 0.05) is 7.11 Å². The minimum atomic E-state index is 0.288. The minimum absolute atomic E-state index is 0.288. The van der Waals surface area contributed by atoms with Crippen LogP contribution in [0.3, 0.4) is 0 Å². The van der Waals surface area contributed by atoms with Crippen LogP contribution in [0.4, 0.5) is 0 Å². The Morgan fingerprint density at radius 1 is 0.719 bits per heavy atom. The topological polar surface area (TPSA) is 9.23 Å². The number of rotatable bonds is 1. The van der Waals surface area contributed by atoms with Gasteiger partial charge in [-0.3, -0.25) is 0 Å². The maximum absolute atomic E-state index is 6.04. The maximum atomic E-state index is 6.04. The molecule has 0 aromatic carbocycles. The van der Waals surface area contributed by atoms with Gasteiger partial charge in [-0.25, -0.2) is 0 Å². The smallest absolute Gasteiger partial charge is 0.0625 e. The van der Waals surface area contributed by atoms with Crippen LogP contribution in [-0.2, 0) is 4.74 Å². The summed E-state index contributed by atoms with van der Waals surface area (Å²) in [6.07, 6.45) is 17.1. The predicted octanol–water partition coefficient (Wildman–Crippen LogP) is 8.82. The Bertz CT molecular complexity index is 805. The van der Waals surface area contributed by atoms with Gasteiger partial charge in [-0.2, -0.15) is 0 Å². The summed E-state index contributed by atoms with van der Waals surface area (Å²) in [5.74, 6) is 2.49. The second-order valence-corrected chi connectivity index (χ2v) is 15.5. The van der Waals surface area contributed by atoms with Crippen LogP contribution in [0.25, 0.3) is 0 Å².